The SMILES string of the molecule is CC(=O)CSc1nnc(-c2cccc(C#N)c2)o1. The lowest BCUT2D eigenvalue weighted by atomic mass is 10.1. The van der Waals surface area contributed by atoms with Crippen molar-refractivity contribution in [3.63, 3.8) is 0 Å². The predicted octanol–water partition coefficient (Wildman–Crippen LogP) is 2.29. The number of hydrogen-bond acceptors (Lipinski definition) is 6. The van der Waals surface area contributed by atoms with Gasteiger partial charge in [0.2, 0.25) is 5.89 Å². The molecular weight excluding hydrogens is 250 g/mol. The lowest BCUT2D eigenvalue weighted by molar-refractivity contribution is -0.114. The van der Waals surface area contributed by atoms with Gasteiger partial charge in [0.05, 0.1) is 17.4 Å². The number of Topliss-reactive ketones (excluding diaryl/α,β-unsaturated/α-hetero) is 1. The highest BCUT2D eigenvalue weighted by molar-refractivity contribution is 7.99. The molecule has 0 fully saturated rings. The third-order valence-electron chi connectivity index (χ3n) is 2.04. The number of benzene rings is 1. The predicted molar refractivity (Wildman–Crippen MR) is 65.9 cm³/mol. The molecule has 0 bridgehead atoms. The standard InChI is InChI=1S/C12H9N3O2S/c1-8(16)7-18-12-15-14-11(17-12)10-4-2-3-9(5-10)6-13/h2-5H,7H2,1H3. The van der Waals surface area contributed by atoms with Crippen molar-refractivity contribution < 1.29 is 9.21 Å². The van der Waals surface area contributed by atoms with Gasteiger partial charge < -0.3 is 4.42 Å². The van der Waals surface area contributed by atoms with E-state index in [-0.39, 0.29) is 5.78 Å². The fourth-order valence-corrected chi connectivity index (χ4v) is 1.83. The van der Waals surface area contributed by atoms with Crippen LogP contribution in [0.15, 0.2) is 33.9 Å². The van der Waals surface area contributed by atoms with Crippen LogP contribution in [0.2, 0.25) is 0 Å². The number of rotatable bonds is 4. The number of carbonyl (C=O) groups excluding carboxylic acids is 1. The Labute approximate surface area is 108 Å². The molecule has 0 unspecified atom stereocenters. The second-order valence-corrected chi connectivity index (χ2v) is 4.48. The molecule has 0 aliphatic carbocycles. The van der Waals surface area contributed by atoms with Crippen LogP contribution in [0.1, 0.15) is 12.5 Å². The highest BCUT2D eigenvalue weighted by atomic mass is 32.2. The Hall–Kier alpha value is -2.13. The van der Waals surface area contributed by atoms with E-state index in [1.54, 1.807) is 24.3 Å². The summed E-state index contributed by atoms with van der Waals surface area (Å²) >= 11 is 1.20. The largest absolute Gasteiger partial charge is 0.411 e. The lowest BCUT2D eigenvalue weighted by Crippen LogP contribution is -1.92. The summed E-state index contributed by atoms with van der Waals surface area (Å²) in [5.41, 5.74) is 1.22. The summed E-state index contributed by atoms with van der Waals surface area (Å²) in [4.78, 5) is 10.8. The molecule has 2 rings (SSSR count). The van der Waals surface area contributed by atoms with Gasteiger partial charge in [0.25, 0.3) is 5.22 Å². The Morgan fingerprint density at radius 1 is 1.50 bits per heavy atom. The molecule has 0 amide bonds. The zero-order valence-corrected chi connectivity index (χ0v) is 10.4. The molecule has 90 valence electrons. The summed E-state index contributed by atoms with van der Waals surface area (Å²) in [5, 5.41) is 16.9. The van der Waals surface area contributed by atoms with Crippen molar-refractivity contribution in [2.45, 2.75) is 12.1 Å². The van der Waals surface area contributed by atoms with Crippen LogP contribution in [0.25, 0.3) is 11.5 Å². The van der Waals surface area contributed by atoms with E-state index >= 15 is 0 Å². The fourth-order valence-electron chi connectivity index (χ4n) is 1.27. The van der Waals surface area contributed by atoms with E-state index in [0.29, 0.717) is 28.0 Å². The summed E-state index contributed by atoms with van der Waals surface area (Å²) in [6.45, 7) is 1.50. The minimum atomic E-state index is 0.0474. The van der Waals surface area contributed by atoms with Gasteiger partial charge in [-0.25, -0.2) is 0 Å². The zero-order valence-electron chi connectivity index (χ0n) is 9.58. The summed E-state index contributed by atoms with van der Waals surface area (Å²) in [6, 6.07) is 8.95. The van der Waals surface area contributed by atoms with Crippen LogP contribution in [-0.4, -0.2) is 21.7 Å². The molecule has 0 saturated heterocycles. The summed E-state index contributed by atoms with van der Waals surface area (Å²) in [5.74, 6) is 0.698. The monoisotopic (exact) mass is 259 g/mol. The van der Waals surface area contributed by atoms with E-state index in [1.165, 1.54) is 18.7 Å². The Balaban J connectivity index is 2.19. The van der Waals surface area contributed by atoms with Crippen LogP contribution in [0.3, 0.4) is 0 Å². The van der Waals surface area contributed by atoms with Gasteiger partial charge in [0.1, 0.15) is 5.78 Å². The zero-order chi connectivity index (χ0) is 13.0. The van der Waals surface area contributed by atoms with Crippen LogP contribution < -0.4 is 0 Å². The minimum Gasteiger partial charge on any atom is -0.411 e. The van der Waals surface area contributed by atoms with E-state index < -0.39 is 0 Å². The van der Waals surface area contributed by atoms with Crippen molar-refractivity contribution in [1.29, 1.82) is 5.26 Å². The van der Waals surface area contributed by atoms with Crippen molar-refractivity contribution in [1.82, 2.24) is 10.2 Å². The van der Waals surface area contributed by atoms with Crippen molar-refractivity contribution in [3.05, 3.63) is 29.8 Å². The average Bonchev–Trinajstić information content (AvgIpc) is 2.85. The van der Waals surface area contributed by atoms with Crippen LogP contribution in [0, 0.1) is 11.3 Å². The molecule has 0 N–H and O–H groups in total. The molecule has 2 aromatic rings. The second-order valence-electron chi connectivity index (χ2n) is 3.56. The van der Waals surface area contributed by atoms with Gasteiger partial charge in [0, 0.05) is 5.56 Å². The third kappa shape index (κ3) is 2.96. The van der Waals surface area contributed by atoms with E-state index in [2.05, 4.69) is 10.2 Å². The first kappa shape index (κ1) is 12.3. The topological polar surface area (TPSA) is 79.8 Å². The van der Waals surface area contributed by atoms with Crippen LogP contribution >= 0.6 is 11.8 Å². The molecule has 18 heavy (non-hydrogen) atoms. The Morgan fingerprint density at radius 3 is 3.06 bits per heavy atom. The molecule has 0 aliphatic heterocycles. The maximum Gasteiger partial charge on any atom is 0.277 e. The number of carbonyl (C=O) groups is 1. The van der Waals surface area contributed by atoms with E-state index in [0.717, 1.165) is 0 Å². The van der Waals surface area contributed by atoms with E-state index in [9.17, 15) is 4.79 Å². The average molecular weight is 259 g/mol. The molecule has 0 spiro atoms. The lowest BCUT2D eigenvalue weighted by Gasteiger charge is -1.94. The number of ketones is 1. The Morgan fingerprint density at radius 2 is 2.33 bits per heavy atom. The minimum absolute atomic E-state index is 0.0474. The van der Waals surface area contributed by atoms with E-state index in [4.69, 9.17) is 9.68 Å². The van der Waals surface area contributed by atoms with Crippen molar-refractivity contribution in [3.8, 4) is 17.5 Å². The van der Waals surface area contributed by atoms with Gasteiger partial charge in [-0.1, -0.05) is 17.8 Å². The first-order valence-corrected chi connectivity index (χ1v) is 6.14. The van der Waals surface area contributed by atoms with Crippen LogP contribution in [0.5, 0.6) is 0 Å². The van der Waals surface area contributed by atoms with Gasteiger partial charge in [-0.05, 0) is 25.1 Å². The molecular formula is C12H9N3O2S. The highest BCUT2D eigenvalue weighted by Crippen LogP contribution is 2.23. The molecule has 0 saturated carbocycles. The van der Waals surface area contributed by atoms with Gasteiger partial charge in [-0.15, -0.1) is 10.2 Å². The van der Waals surface area contributed by atoms with Crippen LogP contribution in [0.4, 0.5) is 0 Å². The molecule has 1 aromatic carbocycles. The van der Waals surface area contributed by atoms with Crippen LogP contribution in [-0.2, 0) is 4.79 Å². The van der Waals surface area contributed by atoms with E-state index in [1.807, 2.05) is 6.07 Å². The normalized spacial score (nSPS) is 10.0. The number of nitriles is 1. The Bertz CT molecular complexity index is 616. The molecule has 6 heteroatoms. The summed E-state index contributed by atoms with van der Waals surface area (Å²) < 4.78 is 5.40. The molecule has 1 aromatic heterocycles. The summed E-state index contributed by atoms with van der Waals surface area (Å²) in [6.07, 6.45) is 0. The third-order valence-corrected chi connectivity index (χ3v) is 3.01. The van der Waals surface area contributed by atoms with Crippen molar-refractivity contribution in [2.24, 2.45) is 0 Å². The number of aromatic nitrogens is 2. The second kappa shape index (κ2) is 5.47. The quantitative estimate of drug-likeness (QED) is 0.784. The number of thioether (sulfide) groups is 1. The van der Waals surface area contributed by atoms with Gasteiger partial charge in [0.15, 0.2) is 0 Å². The first-order valence-electron chi connectivity index (χ1n) is 5.15. The fraction of sp³-hybridized carbons (Fsp3) is 0.167. The molecule has 5 nitrogen and oxygen atoms in total. The number of nitrogens with zero attached hydrogens (tertiary/aromatic N) is 3. The van der Waals surface area contributed by atoms with Crippen molar-refractivity contribution in [2.75, 3.05) is 5.75 Å². The van der Waals surface area contributed by atoms with Gasteiger partial charge in [-0.3, -0.25) is 4.79 Å². The number of hydrogen-bond donors (Lipinski definition) is 0. The summed E-state index contributed by atoms with van der Waals surface area (Å²) in [7, 11) is 0. The maximum atomic E-state index is 10.8. The molecule has 1 heterocycles. The molecule has 0 radical (unpaired) electrons. The first-order chi connectivity index (χ1) is 8.69. The molecule has 0 atom stereocenters. The Kier molecular flexibility index (Phi) is 3.75. The van der Waals surface area contributed by atoms with Crippen molar-refractivity contribution >= 4 is 17.5 Å². The van der Waals surface area contributed by atoms with Gasteiger partial charge in [-0.2, -0.15) is 5.26 Å². The highest BCUT2D eigenvalue weighted by Gasteiger charge is 2.10. The molecule has 0 aliphatic rings. The van der Waals surface area contributed by atoms with Gasteiger partial charge >= 0.3 is 0 Å². The maximum absolute atomic E-state index is 10.8. The smallest absolute Gasteiger partial charge is 0.277 e.